The highest BCUT2D eigenvalue weighted by atomic mass is 127. The van der Waals surface area contributed by atoms with E-state index in [0.29, 0.717) is 24.7 Å². The zero-order chi connectivity index (χ0) is 18.7. The summed E-state index contributed by atoms with van der Waals surface area (Å²) in [7, 11) is 1.82. The number of aliphatic imine (C=N–C) groups is 1. The molecule has 1 aromatic carbocycles. The summed E-state index contributed by atoms with van der Waals surface area (Å²) in [4.78, 5) is 7.10. The number of halogens is 1. The first-order valence-corrected chi connectivity index (χ1v) is 11.4. The summed E-state index contributed by atoms with van der Waals surface area (Å²) in [5.74, 6) is 2.70. The molecule has 3 fully saturated rings. The second-order valence-corrected chi connectivity index (χ2v) is 9.41. The number of benzene rings is 1. The number of fused-ring (bicyclic) bond motifs is 2. The Balaban J connectivity index is 0.00000225. The Kier molecular flexibility index (Phi) is 7.92. The van der Waals surface area contributed by atoms with Crippen molar-refractivity contribution in [1.29, 1.82) is 0 Å². The van der Waals surface area contributed by atoms with Crippen LogP contribution < -0.4 is 10.6 Å². The van der Waals surface area contributed by atoms with Gasteiger partial charge in [0.25, 0.3) is 0 Å². The van der Waals surface area contributed by atoms with Crippen molar-refractivity contribution in [3.63, 3.8) is 0 Å². The van der Waals surface area contributed by atoms with Crippen molar-refractivity contribution in [3.05, 3.63) is 35.9 Å². The van der Waals surface area contributed by atoms with Crippen LogP contribution in [0.15, 0.2) is 35.3 Å². The Morgan fingerprint density at radius 2 is 1.96 bits per heavy atom. The van der Waals surface area contributed by atoms with E-state index in [0.717, 1.165) is 30.4 Å². The third-order valence-electron chi connectivity index (χ3n) is 6.32. The summed E-state index contributed by atoms with van der Waals surface area (Å²) in [5, 5.41) is 17.5. The van der Waals surface area contributed by atoms with E-state index >= 15 is 0 Å². The van der Waals surface area contributed by atoms with Crippen molar-refractivity contribution in [1.82, 2.24) is 15.5 Å². The average molecular weight is 516 g/mol. The lowest BCUT2D eigenvalue weighted by Gasteiger charge is -2.39. The van der Waals surface area contributed by atoms with Crippen LogP contribution in [0.2, 0.25) is 0 Å². The molecule has 5 nitrogen and oxygen atoms in total. The normalized spacial score (nSPS) is 32.8. The Morgan fingerprint density at radius 1 is 1.25 bits per heavy atom. The second kappa shape index (κ2) is 10.00. The molecule has 1 aromatic rings. The second-order valence-electron chi connectivity index (χ2n) is 8.31. The summed E-state index contributed by atoms with van der Waals surface area (Å²) < 4.78 is 0. The third kappa shape index (κ3) is 5.34. The summed E-state index contributed by atoms with van der Waals surface area (Å²) in [6, 6.07) is 12.6. The maximum Gasteiger partial charge on any atom is 0.191 e. The molecule has 0 amide bonds. The van der Waals surface area contributed by atoms with Gasteiger partial charge in [-0.3, -0.25) is 9.89 Å². The first-order valence-electron chi connectivity index (χ1n) is 10.2. The van der Waals surface area contributed by atoms with Crippen molar-refractivity contribution >= 4 is 41.7 Å². The van der Waals surface area contributed by atoms with Crippen LogP contribution in [0.1, 0.15) is 37.7 Å². The number of guanidine groups is 1. The van der Waals surface area contributed by atoms with Gasteiger partial charge >= 0.3 is 0 Å². The zero-order valence-corrected chi connectivity index (χ0v) is 19.8. The zero-order valence-electron chi connectivity index (χ0n) is 16.6. The number of rotatable bonds is 5. The van der Waals surface area contributed by atoms with Crippen LogP contribution in [0.3, 0.4) is 0 Å². The fraction of sp³-hybridized carbons (Fsp3) is 0.667. The molecule has 2 bridgehead atoms. The number of hydrogen-bond acceptors (Lipinski definition) is 4. The monoisotopic (exact) mass is 516 g/mol. The summed E-state index contributed by atoms with van der Waals surface area (Å²) >= 11 is 1.83. The molecule has 0 spiro atoms. The molecular weight excluding hydrogens is 483 g/mol. The highest BCUT2D eigenvalue weighted by Gasteiger charge is 2.41. The minimum atomic E-state index is -0.583. The molecule has 3 aliphatic rings. The first kappa shape index (κ1) is 22.2. The fourth-order valence-electron chi connectivity index (χ4n) is 4.82. The molecule has 3 saturated heterocycles. The lowest BCUT2D eigenvalue weighted by atomic mass is 9.96. The van der Waals surface area contributed by atoms with E-state index in [1.54, 1.807) is 0 Å². The Hall–Kier alpha value is -0.510. The van der Waals surface area contributed by atoms with E-state index in [4.69, 9.17) is 0 Å². The summed E-state index contributed by atoms with van der Waals surface area (Å²) in [6.07, 6.45) is 5.81. The molecule has 7 heteroatoms. The van der Waals surface area contributed by atoms with E-state index in [-0.39, 0.29) is 24.0 Å². The average Bonchev–Trinajstić information content (AvgIpc) is 3.20. The summed E-state index contributed by atoms with van der Waals surface area (Å²) in [6.45, 7) is 1.65. The van der Waals surface area contributed by atoms with Crippen LogP contribution in [0.25, 0.3) is 0 Å². The molecule has 3 atom stereocenters. The maximum atomic E-state index is 10.5. The number of nitrogens with one attached hydrogen (secondary N) is 2. The van der Waals surface area contributed by atoms with Crippen LogP contribution >= 0.6 is 35.7 Å². The molecule has 0 saturated carbocycles. The number of aliphatic hydroxyl groups is 1. The van der Waals surface area contributed by atoms with Gasteiger partial charge in [-0.1, -0.05) is 30.3 Å². The predicted octanol–water partition coefficient (Wildman–Crippen LogP) is 2.83. The number of nitrogens with zero attached hydrogens (tertiary/aromatic N) is 2. The largest absolute Gasteiger partial charge is 0.387 e. The highest BCUT2D eigenvalue weighted by molar-refractivity contribution is 14.0. The van der Waals surface area contributed by atoms with Gasteiger partial charge in [0.2, 0.25) is 0 Å². The van der Waals surface area contributed by atoms with Crippen molar-refractivity contribution in [2.75, 3.05) is 25.1 Å². The molecule has 3 aliphatic heterocycles. The topological polar surface area (TPSA) is 59.9 Å². The Morgan fingerprint density at radius 3 is 2.57 bits per heavy atom. The molecule has 0 radical (unpaired) electrons. The van der Waals surface area contributed by atoms with Gasteiger partial charge in [0, 0.05) is 44.0 Å². The number of piperidine rings is 1. The van der Waals surface area contributed by atoms with Gasteiger partial charge in [0.1, 0.15) is 0 Å². The molecule has 4 rings (SSSR count). The Bertz CT molecular complexity index is 639. The fourth-order valence-corrected chi connectivity index (χ4v) is 6.11. The number of hydrogen-bond donors (Lipinski definition) is 3. The quantitative estimate of drug-likeness (QED) is 0.319. The van der Waals surface area contributed by atoms with Crippen molar-refractivity contribution in [2.24, 2.45) is 4.99 Å². The third-order valence-corrected chi connectivity index (χ3v) is 7.56. The molecule has 3 heterocycles. The van der Waals surface area contributed by atoms with E-state index < -0.39 is 5.60 Å². The van der Waals surface area contributed by atoms with Crippen LogP contribution in [-0.2, 0) is 6.54 Å². The van der Waals surface area contributed by atoms with Gasteiger partial charge < -0.3 is 15.7 Å². The van der Waals surface area contributed by atoms with Gasteiger partial charge in [-0.2, -0.15) is 11.8 Å². The van der Waals surface area contributed by atoms with Crippen LogP contribution in [0.4, 0.5) is 0 Å². The lowest BCUT2D eigenvalue weighted by molar-refractivity contribution is 0.0720. The van der Waals surface area contributed by atoms with Gasteiger partial charge in [-0.05, 0) is 43.4 Å². The van der Waals surface area contributed by atoms with Gasteiger partial charge in [0.05, 0.1) is 5.60 Å². The van der Waals surface area contributed by atoms with E-state index in [1.165, 1.54) is 31.2 Å². The standard InChI is InChI=1S/C21H32N4OS.HI/c1-22-20(23-14-21(26)9-10-27-15-21)24-17-11-18-7-8-19(12-17)25(18)13-16-5-3-2-4-6-16;/h2-6,17-19,26H,7-15H2,1H3,(H2,22,23,24);1H. The molecule has 3 unspecified atom stereocenters. The highest BCUT2D eigenvalue weighted by Crippen LogP contribution is 2.36. The van der Waals surface area contributed by atoms with Crippen LogP contribution in [-0.4, -0.2) is 64.8 Å². The van der Waals surface area contributed by atoms with Gasteiger partial charge in [0.15, 0.2) is 5.96 Å². The van der Waals surface area contributed by atoms with Crippen molar-refractivity contribution in [3.8, 4) is 0 Å². The minimum Gasteiger partial charge on any atom is -0.387 e. The van der Waals surface area contributed by atoms with E-state index in [9.17, 15) is 5.11 Å². The van der Waals surface area contributed by atoms with E-state index in [1.807, 2.05) is 18.8 Å². The first-order chi connectivity index (χ1) is 13.1. The molecule has 28 heavy (non-hydrogen) atoms. The maximum absolute atomic E-state index is 10.5. The van der Waals surface area contributed by atoms with Crippen molar-refractivity contribution in [2.45, 2.75) is 62.4 Å². The van der Waals surface area contributed by atoms with Crippen LogP contribution in [0, 0.1) is 0 Å². The van der Waals surface area contributed by atoms with Crippen molar-refractivity contribution < 1.29 is 5.11 Å². The molecular formula is C21H33IN4OS. The van der Waals surface area contributed by atoms with Gasteiger partial charge in [-0.15, -0.1) is 24.0 Å². The molecule has 0 aliphatic carbocycles. The van der Waals surface area contributed by atoms with Crippen LogP contribution in [0.5, 0.6) is 0 Å². The van der Waals surface area contributed by atoms with Gasteiger partial charge in [-0.25, -0.2) is 0 Å². The van der Waals surface area contributed by atoms with E-state index in [2.05, 4.69) is 50.9 Å². The molecule has 0 aromatic heterocycles. The Labute approximate surface area is 190 Å². The lowest BCUT2D eigenvalue weighted by Crippen LogP contribution is -2.54. The minimum absolute atomic E-state index is 0. The predicted molar refractivity (Wildman–Crippen MR) is 129 cm³/mol. The SMILES string of the molecule is CN=C(NCC1(O)CCSC1)NC1CC2CCC(C1)N2Cc1ccccc1.I. The number of thioether (sulfide) groups is 1. The smallest absolute Gasteiger partial charge is 0.191 e. The molecule has 3 N–H and O–H groups in total. The molecule has 156 valence electrons. The summed E-state index contributed by atoms with van der Waals surface area (Å²) in [5.41, 5.74) is 0.835.